The van der Waals surface area contributed by atoms with Crippen molar-refractivity contribution in [2.75, 3.05) is 11.1 Å². The fourth-order valence-corrected chi connectivity index (χ4v) is 5.33. The molecule has 1 aliphatic heterocycles. The standard InChI is InChI=1S/C21H23N5O3S/c1-12-25-26-21(29-12)14-4-2-13(3-5-14)19-23-17-10-11-30(28)18(17)20(24-19)22-15-6-8-16(27)9-7-15/h2-5,15-16,27H,6-11H2,1H3,(H,22,23,24)/t15?,16?,30-/m1/s1. The van der Waals surface area contributed by atoms with Crippen molar-refractivity contribution < 1.29 is 13.7 Å². The van der Waals surface area contributed by atoms with Crippen molar-refractivity contribution in [3.05, 3.63) is 35.9 Å². The maximum absolute atomic E-state index is 12.6. The Kier molecular flexibility index (Phi) is 5.08. The van der Waals surface area contributed by atoms with Crippen molar-refractivity contribution in [2.24, 2.45) is 0 Å². The van der Waals surface area contributed by atoms with E-state index in [9.17, 15) is 9.32 Å². The Morgan fingerprint density at radius 1 is 1.07 bits per heavy atom. The van der Waals surface area contributed by atoms with Gasteiger partial charge in [0.15, 0.2) is 5.82 Å². The van der Waals surface area contributed by atoms with Crippen LogP contribution in [0.4, 0.5) is 5.82 Å². The number of aliphatic hydroxyl groups excluding tert-OH is 1. The molecule has 9 heteroatoms. The van der Waals surface area contributed by atoms with Crippen molar-refractivity contribution in [3.8, 4) is 22.8 Å². The van der Waals surface area contributed by atoms with Gasteiger partial charge in [0.05, 0.1) is 22.6 Å². The third kappa shape index (κ3) is 3.75. The Bertz CT molecular complexity index is 1090. The molecule has 1 saturated carbocycles. The maximum atomic E-state index is 12.6. The predicted molar refractivity (Wildman–Crippen MR) is 112 cm³/mol. The summed E-state index contributed by atoms with van der Waals surface area (Å²) in [6, 6.07) is 7.91. The minimum absolute atomic E-state index is 0.218. The lowest BCUT2D eigenvalue weighted by Crippen LogP contribution is -2.29. The Labute approximate surface area is 176 Å². The summed E-state index contributed by atoms with van der Waals surface area (Å²) in [6.45, 7) is 1.76. The van der Waals surface area contributed by atoms with Crippen LogP contribution >= 0.6 is 0 Å². The fourth-order valence-electron chi connectivity index (χ4n) is 4.01. The van der Waals surface area contributed by atoms with Crippen LogP contribution in [-0.4, -0.2) is 47.4 Å². The second kappa shape index (κ2) is 7.88. The Hall–Kier alpha value is -2.65. The molecule has 0 amide bonds. The number of nitrogens with one attached hydrogen (secondary N) is 1. The molecule has 3 heterocycles. The highest BCUT2D eigenvalue weighted by Gasteiger charge is 2.28. The van der Waals surface area contributed by atoms with Crippen LogP contribution in [0.3, 0.4) is 0 Å². The summed E-state index contributed by atoms with van der Waals surface area (Å²) in [4.78, 5) is 10.2. The van der Waals surface area contributed by atoms with E-state index < -0.39 is 10.8 Å². The first-order valence-electron chi connectivity index (χ1n) is 10.2. The smallest absolute Gasteiger partial charge is 0.247 e. The van der Waals surface area contributed by atoms with Gasteiger partial charge in [-0.15, -0.1) is 10.2 Å². The average Bonchev–Trinajstić information content (AvgIpc) is 3.36. The number of hydrogen-bond donors (Lipinski definition) is 2. The van der Waals surface area contributed by atoms with Gasteiger partial charge in [-0.3, -0.25) is 4.21 Å². The lowest BCUT2D eigenvalue weighted by Gasteiger charge is -2.27. The van der Waals surface area contributed by atoms with E-state index in [1.54, 1.807) is 6.92 Å². The monoisotopic (exact) mass is 425 g/mol. The molecular formula is C21H23N5O3S. The molecule has 2 N–H and O–H groups in total. The molecule has 156 valence electrons. The van der Waals surface area contributed by atoms with Gasteiger partial charge in [-0.25, -0.2) is 9.97 Å². The Morgan fingerprint density at radius 3 is 2.50 bits per heavy atom. The molecule has 3 aromatic rings. The van der Waals surface area contributed by atoms with Gasteiger partial charge >= 0.3 is 0 Å². The van der Waals surface area contributed by atoms with E-state index in [0.29, 0.717) is 35.6 Å². The van der Waals surface area contributed by atoms with Crippen LogP contribution in [0.25, 0.3) is 22.8 Å². The first-order chi connectivity index (χ1) is 14.6. The van der Waals surface area contributed by atoms with E-state index in [1.165, 1.54) is 0 Å². The molecule has 0 unspecified atom stereocenters. The van der Waals surface area contributed by atoms with Crippen molar-refractivity contribution in [1.82, 2.24) is 20.2 Å². The molecule has 1 fully saturated rings. The molecule has 0 radical (unpaired) electrons. The summed E-state index contributed by atoms with van der Waals surface area (Å²) >= 11 is 0. The van der Waals surface area contributed by atoms with Crippen LogP contribution in [0.2, 0.25) is 0 Å². The number of hydrogen-bond acceptors (Lipinski definition) is 8. The summed E-state index contributed by atoms with van der Waals surface area (Å²) in [5, 5.41) is 21.2. The Balaban J connectivity index is 1.46. The van der Waals surface area contributed by atoms with Gasteiger partial charge in [-0.1, -0.05) is 12.1 Å². The van der Waals surface area contributed by atoms with Gasteiger partial charge in [0.1, 0.15) is 10.7 Å². The van der Waals surface area contributed by atoms with E-state index in [2.05, 4.69) is 15.5 Å². The number of aryl methyl sites for hydroxylation is 2. The molecule has 2 aromatic heterocycles. The van der Waals surface area contributed by atoms with Crippen LogP contribution < -0.4 is 5.32 Å². The first kappa shape index (κ1) is 19.3. The number of benzene rings is 1. The minimum atomic E-state index is -1.08. The zero-order valence-electron chi connectivity index (χ0n) is 16.7. The predicted octanol–water partition coefficient (Wildman–Crippen LogP) is 2.88. The molecular weight excluding hydrogens is 402 g/mol. The highest BCUT2D eigenvalue weighted by molar-refractivity contribution is 7.85. The van der Waals surface area contributed by atoms with Gasteiger partial charge in [-0.2, -0.15) is 0 Å². The number of aromatic nitrogens is 4. The quantitative estimate of drug-likeness (QED) is 0.656. The van der Waals surface area contributed by atoms with Crippen LogP contribution in [0.15, 0.2) is 33.6 Å². The van der Waals surface area contributed by atoms with E-state index >= 15 is 0 Å². The second-order valence-corrected chi connectivity index (χ2v) is 9.33. The minimum Gasteiger partial charge on any atom is -0.421 e. The third-order valence-corrected chi connectivity index (χ3v) is 7.10. The van der Waals surface area contributed by atoms with E-state index in [-0.39, 0.29) is 12.1 Å². The largest absolute Gasteiger partial charge is 0.421 e. The number of rotatable bonds is 4. The first-order valence-corrected chi connectivity index (χ1v) is 11.5. The fraction of sp³-hybridized carbons (Fsp3) is 0.429. The number of fused-ring (bicyclic) bond motifs is 1. The van der Waals surface area contributed by atoms with Crippen LogP contribution in [0.5, 0.6) is 0 Å². The van der Waals surface area contributed by atoms with Gasteiger partial charge in [0.25, 0.3) is 0 Å². The van der Waals surface area contributed by atoms with Gasteiger partial charge in [-0.05, 0) is 37.8 Å². The molecule has 5 rings (SSSR count). The summed E-state index contributed by atoms with van der Waals surface area (Å²) in [5.74, 6) is 2.87. The van der Waals surface area contributed by atoms with Crippen LogP contribution in [-0.2, 0) is 17.2 Å². The molecule has 1 aliphatic carbocycles. The van der Waals surface area contributed by atoms with Crippen molar-refractivity contribution in [2.45, 2.75) is 56.1 Å². The number of nitrogens with zero attached hydrogens (tertiary/aromatic N) is 4. The zero-order chi connectivity index (χ0) is 20.7. The van der Waals surface area contributed by atoms with Crippen molar-refractivity contribution >= 4 is 16.6 Å². The van der Waals surface area contributed by atoms with E-state index in [1.807, 2.05) is 24.3 Å². The average molecular weight is 426 g/mol. The summed E-state index contributed by atoms with van der Waals surface area (Å²) in [6.07, 6.45) is 3.77. The molecule has 8 nitrogen and oxygen atoms in total. The van der Waals surface area contributed by atoms with Gasteiger partial charge < -0.3 is 14.8 Å². The number of aliphatic hydroxyl groups is 1. The molecule has 1 atom stereocenters. The molecule has 0 spiro atoms. The van der Waals surface area contributed by atoms with Crippen LogP contribution in [0, 0.1) is 6.92 Å². The van der Waals surface area contributed by atoms with Crippen molar-refractivity contribution in [1.29, 1.82) is 0 Å². The van der Waals surface area contributed by atoms with Gasteiger partial charge in [0.2, 0.25) is 11.8 Å². The topological polar surface area (TPSA) is 114 Å². The van der Waals surface area contributed by atoms with Gasteiger partial charge in [0, 0.05) is 36.3 Å². The van der Waals surface area contributed by atoms with E-state index in [0.717, 1.165) is 47.4 Å². The summed E-state index contributed by atoms with van der Waals surface area (Å²) < 4.78 is 18.0. The van der Waals surface area contributed by atoms with E-state index in [4.69, 9.17) is 14.4 Å². The molecule has 30 heavy (non-hydrogen) atoms. The summed E-state index contributed by atoms with van der Waals surface area (Å²) in [7, 11) is -1.08. The lowest BCUT2D eigenvalue weighted by molar-refractivity contribution is 0.126. The van der Waals surface area contributed by atoms with Crippen molar-refractivity contribution in [3.63, 3.8) is 0 Å². The zero-order valence-corrected chi connectivity index (χ0v) is 17.5. The molecule has 2 aliphatic rings. The lowest BCUT2D eigenvalue weighted by atomic mass is 9.93. The number of anilines is 1. The molecule has 0 saturated heterocycles. The second-order valence-electron chi connectivity index (χ2n) is 7.82. The Morgan fingerprint density at radius 2 is 1.80 bits per heavy atom. The maximum Gasteiger partial charge on any atom is 0.247 e. The molecule has 1 aromatic carbocycles. The third-order valence-electron chi connectivity index (χ3n) is 5.64. The van der Waals surface area contributed by atoms with Crippen LogP contribution in [0.1, 0.15) is 37.3 Å². The highest BCUT2D eigenvalue weighted by atomic mass is 32.2. The normalized spacial score (nSPS) is 23.3. The summed E-state index contributed by atoms with van der Waals surface area (Å²) in [5.41, 5.74) is 2.56. The highest BCUT2D eigenvalue weighted by Crippen LogP contribution is 2.33. The SMILES string of the molecule is Cc1nnc(-c2ccc(-c3nc4c(c(NC5CCC(O)CC5)n3)[S@](=O)CC4)cc2)o1. The molecule has 0 bridgehead atoms.